The molecule has 1 unspecified atom stereocenters. The van der Waals surface area contributed by atoms with Crippen molar-refractivity contribution in [1.29, 1.82) is 0 Å². The second-order valence-electron chi connectivity index (χ2n) is 4.46. The molecule has 1 heterocycles. The van der Waals surface area contributed by atoms with Gasteiger partial charge in [0.2, 0.25) is 0 Å². The van der Waals surface area contributed by atoms with Crippen molar-refractivity contribution < 1.29 is 9.90 Å². The lowest BCUT2D eigenvalue weighted by molar-refractivity contribution is 0.0689. The van der Waals surface area contributed by atoms with Crippen LogP contribution in [0, 0.1) is 5.41 Å². The summed E-state index contributed by atoms with van der Waals surface area (Å²) in [6, 6.07) is 0. The van der Waals surface area contributed by atoms with Gasteiger partial charge in [-0.25, -0.2) is 9.78 Å². The van der Waals surface area contributed by atoms with Crippen molar-refractivity contribution in [2.75, 3.05) is 0 Å². The summed E-state index contributed by atoms with van der Waals surface area (Å²) in [7, 11) is 0. The number of thiazole rings is 1. The summed E-state index contributed by atoms with van der Waals surface area (Å²) in [5, 5.41) is 8.91. The molecular formula is C10H15NO2S. The topological polar surface area (TPSA) is 50.2 Å². The van der Waals surface area contributed by atoms with Gasteiger partial charge in [0, 0.05) is 4.88 Å². The predicted octanol–water partition coefficient (Wildman–Crippen LogP) is 2.99. The summed E-state index contributed by atoms with van der Waals surface area (Å²) in [5.74, 6) is -0.724. The van der Waals surface area contributed by atoms with E-state index in [4.69, 9.17) is 5.11 Å². The largest absolute Gasteiger partial charge is 0.476 e. The van der Waals surface area contributed by atoms with Gasteiger partial charge < -0.3 is 5.11 Å². The molecule has 0 radical (unpaired) electrons. The standard InChI is InChI=1S/C10H15NO2S/c1-6(10(2,3)4)8-7(9(12)13)11-5-14-8/h5-6H,1-4H3,(H,12,13). The predicted molar refractivity (Wildman–Crippen MR) is 56.9 cm³/mol. The summed E-state index contributed by atoms with van der Waals surface area (Å²) in [4.78, 5) is 15.6. The highest BCUT2D eigenvalue weighted by atomic mass is 32.1. The normalized spacial score (nSPS) is 14.0. The number of rotatable bonds is 2. The Morgan fingerprint density at radius 2 is 2.14 bits per heavy atom. The van der Waals surface area contributed by atoms with Crippen LogP contribution in [0.3, 0.4) is 0 Å². The summed E-state index contributed by atoms with van der Waals surface area (Å²) in [5.41, 5.74) is 1.87. The molecule has 0 saturated carbocycles. The van der Waals surface area contributed by atoms with E-state index in [0.717, 1.165) is 4.88 Å². The van der Waals surface area contributed by atoms with E-state index < -0.39 is 5.97 Å². The zero-order chi connectivity index (χ0) is 10.9. The molecule has 1 aromatic heterocycles. The van der Waals surface area contributed by atoms with Crippen molar-refractivity contribution in [1.82, 2.24) is 4.98 Å². The minimum Gasteiger partial charge on any atom is -0.476 e. The number of aromatic nitrogens is 1. The smallest absolute Gasteiger partial charge is 0.355 e. The minimum absolute atomic E-state index is 0.0662. The summed E-state index contributed by atoms with van der Waals surface area (Å²) >= 11 is 1.42. The van der Waals surface area contributed by atoms with E-state index in [1.54, 1.807) is 5.51 Å². The molecule has 0 bridgehead atoms. The van der Waals surface area contributed by atoms with Crippen LogP contribution in [0.25, 0.3) is 0 Å². The molecule has 78 valence electrons. The van der Waals surface area contributed by atoms with E-state index in [9.17, 15) is 4.79 Å². The maximum absolute atomic E-state index is 10.9. The van der Waals surface area contributed by atoms with Gasteiger partial charge in [-0.2, -0.15) is 0 Å². The maximum atomic E-state index is 10.9. The lowest BCUT2D eigenvalue weighted by Gasteiger charge is -2.26. The summed E-state index contributed by atoms with van der Waals surface area (Å²) in [6.07, 6.45) is 0. The lowest BCUT2D eigenvalue weighted by atomic mass is 9.81. The monoisotopic (exact) mass is 213 g/mol. The van der Waals surface area contributed by atoms with Crippen LogP contribution in [-0.2, 0) is 0 Å². The molecule has 0 spiro atoms. The second kappa shape index (κ2) is 3.69. The van der Waals surface area contributed by atoms with Crippen molar-refractivity contribution in [3.05, 3.63) is 16.1 Å². The third-order valence-corrected chi connectivity index (χ3v) is 3.50. The van der Waals surface area contributed by atoms with Gasteiger partial charge in [-0.3, -0.25) is 0 Å². The van der Waals surface area contributed by atoms with Gasteiger partial charge in [-0.1, -0.05) is 27.7 Å². The molecule has 0 saturated heterocycles. The highest BCUT2D eigenvalue weighted by molar-refractivity contribution is 7.10. The zero-order valence-corrected chi connectivity index (χ0v) is 9.68. The first kappa shape index (κ1) is 11.2. The van der Waals surface area contributed by atoms with Crippen LogP contribution in [-0.4, -0.2) is 16.1 Å². The molecule has 3 nitrogen and oxygen atoms in total. The number of hydrogen-bond acceptors (Lipinski definition) is 3. The Bertz CT molecular complexity index is 338. The second-order valence-corrected chi connectivity index (χ2v) is 5.34. The number of aromatic carboxylic acids is 1. The van der Waals surface area contributed by atoms with Crippen LogP contribution in [0.15, 0.2) is 5.51 Å². The molecule has 1 N–H and O–H groups in total. The van der Waals surface area contributed by atoms with Crippen molar-refractivity contribution >= 4 is 17.3 Å². The average molecular weight is 213 g/mol. The van der Waals surface area contributed by atoms with Crippen molar-refractivity contribution in [2.45, 2.75) is 33.6 Å². The fourth-order valence-corrected chi connectivity index (χ4v) is 2.20. The van der Waals surface area contributed by atoms with Crippen LogP contribution in [0.2, 0.25) is 0 Å². The van der Waals surface area contributed by atoms with Crippen LogP contribution in [0.4, 0.5) is 0 Å². The van der Waals surface area contributed by atoms with E-state index in [2.05, 4.69) is 25.8 Å². The third kappa shape index (κ3) is 2.12. The highest BCUT2D eigenvalue weighted by Crippen LogP contribution is 2.37. The number of hydrogen-bond donors (Lipinski definition) is 1. The molecule has 14 heavy (non-hydrogen) atoms. The molecule has 0 amide bonds. The Kier molecular flexibility index (Phi) is 2.95. The van der Waals surface area contributed by atoms with Crippen LogP contribution < -0.4 is 0 Å². The molecular weight excluding hydrogens is 198 g/mol. The lowest BCUT2D eigenvalue weighted by Crippen LogP contribution is -2.16. The quantitative estimate of drug-likeness (QED) is 0.821. The Morgan fingerprint density at radius 3 is 2.57 bits per heavy atom. The number of nitrogens with zero attached hydrogens (tertiary/aromatic N) is 1. The van der Waals surface area contributed by atoms with Crippen LogP contribution in [0.5, 0.6) is 0 Å². The van der Waals surface area contributed by atoms with Gasteiger partial charge in [0.15, 0.2) is 5.69 Å². The van der Waals surface area contributed by atoms with E-state index in [-0.39, 0.29) is 17.0 Å². The van der Waals surface area contributed by atoms with E-state index in [1.165, 1.54) is 11.3 Å². The van der Waals surface area contributed by atoms with Gasteiger partial charge in [0.05, 0.1) is 5.51 Å². The number of carboxylic acids is 1. The Balaban J connectivity index is 3.07. The van der Waals surface area contributed by atoms with Gasteiger partial charge >= 0.3 is 5.97 Å². The van der Waals surface area contributed by atoms with E-state index >= 15 is 0 Å². The first-order valence-electron chi connectivity index (χ1n) is 4.50. The van der Waals surface area contributed by atoms with Crippen LogP contribution >= 0.6 is 11.3 Å². The number of carbonyl (C=O) groups is 1. The first-order valence-corrected chi connectivity index (χ1v) is 5.38. The summed E-state index contributed by atoms with van der Waals surface area (Å²) < 4.78 is 0. The zero-order valence-electron chi connectivity index (χ0n) is 8.87. The van der Waals surface area contributed by atoms with E-state index in [0.29, 0.717) is 0 Å². The molecule has 0 aliphatic carbocycles. The van der Waals surface area contributed by atoms with Gasteiger partial charge in [-0.05, 0) is 11.3 Å². The molecule has 0 aliphatic heterocycles. The van der Waals surface area contributed by atoms with Gasteiger partial charge in [-0.15, -0.1) is 11.3 Å². The molecule has 4 heteroatoms. The van der Waals surface area contributed by atoms with Crippen molar-refractivity contribution in [3.8, 4) is 0 Å². The molecule has 0 fully saturated rings. The molecule has 1 atom stereocenters. The fourth-order valence-electron chi connectivity index (χ4n) is 1.12. The first-order chi connectivity index (χ1) is 6.34. The maximum Gasteiger partial charge on any atom is 0.355 e. The average Bonchev–Trinajstić information content (AvgIpc) is 2.48. The Hall–Kier alpha value is -0.900. The SMILES string of the molecule is CC(c1scnc1C(=O)O)C(C)(C)C. The van der Waals surface area contributed by atoms with Crippen molar-refractivity contribution in [3.63, 3.8) is 0 Å². The molecule has 1 aromatic rings. The van der Waals surface area contributed by atoms with Gasteiger partial charge in [0.1, 0.15) is 0 Å². The third-order valence-electron chi connectivity index (χ3n) is 2.49. The molecule has 0 aromatic carbocycles. The van der Waals surface area contributed by atoms with Gasteiger partial charge in [0.25, 0.3) is 0 Å². The molecule has 1 rings (SSSR count). The Labute approximate surface area is 87.8 Å². The Morgan fingerprint density at radius 1 is 1.57 bits per heavy atom. The highest BCUT2D eigenvalue weighted by Gasteiger charge is 2.27. The van der Waals surface area contributed by atoms with Crippen molar-refractivity contribution in [2.24, 2.45) is 5.41 Å². The number of carboxylic acid groups (broad SMARTS) is 1. The van der Waals surface area contributed by atoms with E-state index in [1.807, 2.05) is 6.92 Å². The summed E-state index contributed by atoms with van der Waals surface area (Å²) in [6.45, 7) is 8.34. The minimum atomic E-state index is -0.933. The fraction of sp³-hybridized carbons (Fsp3) is 0.600. The molecule has 0 aliphatic rings. The van der Waals surface area contributed by atoms with Crippen LogP contribution in [0.1, 0.15) is 49.0 Å².